The predicted molar refractivity (Wildman–Crippen MR) is 151 cm³/mol. The first-order chi connectivity index (χ1) is 21.2. The summed E-state index contributed by atoms with van der Waals surface area (Å²) in [5, 5.41) is 56.5. The van der Waals surface area contributed by atoms with Gasteiger partial charge in [0.15, 0.2) is 17.9 Å². The molecule has 14 heteroatoms. The summed E-state index contributed by atoms with van der Waals surface area (Å²) in [6.07, 6.45) is -6.55. The summed E-state index contributed by atoms with van der Waals surface area (Å²) in [6, 6.07) is 3.40. The molecule has 1 unspecified atom stereocenters. The van der Waals surface area contributed by atoms with E-state index >= 15 is 0 Å². The van der Waals surface area contributed by atoms with Crippen LogP contribution in [-0.4, -0.2) is 92.0 Å². The lowest BCUT2D eigenvalue weighted by Crippen LogP contribution is -2.55. The number of nitrogens with one attached hydrogen (secondary N) is 1. The van der Waals surface area contributed by atoms with Crippen molar-refractivity contribution in [3.8, 4) is 17.2 Å². The highest BCUT2D eigenvalue weighted by Crippen LogP contribution is 2.52. The van der Waals surface area contributed by atoms with Crippen molar-refractivity contribution >= 4 is 29.2 Å². The summed E-state index contributed by atoms with van der Waals surface area (Å²) < 4.78 is 17.2. The van der Waals surface area contributed by atoms with E-state index in [0.717, 1.165) is 6.92 Å². The topological polar surface area (TPSA) is 226 Å². The zero-order valence-corrected chi connectivity index (χ0v) is 24.7. The Labute approximate surface area is 256 Å². The number of hydrogen-bond donors (Lipinski definition) is 6. The van der Waals surface area contributed by atoms with E-state index in [1.165, 1.54) is 32.2 Å². The minimum atomic E-state index is -2.11. The lowest BCUT2D eigenvalue weighted by Gasteiger charge is -2.42. The predicted octanol–water partition coefficient (Wildman–Crippen LogP) is 1.05. The fraction of sp³-hybridized carbons (Fsp3) is 0.452. The molecular weight excluding hydrogens is 594 g/mol. The van der Waals surface area contributed by atoms with Crippen LogP contribution in [0.5, 0.6) is 17.2 Å². The van der Waals surface area contributed by atoms with Crippen LogP contribution in [0.4, 0.5) is 0 Å². The molecule has 6 N–H and O–H groups in total. The van der Waals surface area contributed by atoms with Gasteiger partial charge in [0.25, 0.3) is 0 Å². The molecule has 0 bridgehead atoms. The molecule has 2 aliphatic carbocycles. The molecule has 14 nitrogen and oxygen atoms in total. The number of phenols is 2. The number of aromatic hydroxyl groups is 2. The molecule has 45 heavy (non-hydrogen) atoms. The molecule has 3 aliphatic rings. The highest BCUT2D eigenvalue weighted by atomic mass is 16.7. The van der Waals surface area contributed by atoms with Crippen molar-refractivity contribution in [3.63, 3.8) is 0 Å². The maximum atomic E-state index is 13.8. The minimum absolute atomic E-state index is 0.0634. The number of carboxylic acid groups (broad SMARTS) is 1. The average Bonchev–Trinajstić information content (AvgIpc) is 2.98. The summed E-state index contributed by atoms with van der Waals surface area (Å²) >= 11 is 0. The largest absolute Gasteiger partial charge is 0.507 e. The molecule has 6 atom stereocenters. The highest BCUT2D eigenvalue weighted by molar-refractivity contribution is 6.31. The van der Waals surface area contributed by atoms with Gasteiger partial charge in [-0.3, -0.25) is 24.0 Å². The van der Waals surface area contributed by atoms with Crippen LogP contribution in [0.3, 0.4) is 0 Å². The first-order valence-corrected chi connectivity index (χ1v) is 14.3. The second-order valence-corrected chi connectivity index (χ2v) is 11.5. The maximum Gasteiger partial charge on any atom is 0.303 e. The fourth-order valence-electron chi connectivity index (χ4n) is 6.27. The molecule has 0 radical (unpaired) electrons. The van der Waals surface area contributed by atoms with Gasteiger partial charge >= 0.3 is 5.97 Å². The van der Waals surface area contributed by atoms with Crippen molar-refractivity contribution in [3.05, 3.63) is 51.6 Å². The fourth-order valence-corrected chi connectivity index (χ4v) is 6.27. The molecular formula is C31H33NO13. The standard InChI is InChI=1S/C31H33NO13/c1-12-26(37)16(32-19(34)7-8-20(35)36)9-21(44-12)45-18-11-31(42,13(2)33)10-15-23(18)30(41)25-24(28(15)39)27(38)14-5-4-6-17(43-3)22(14)29(25)40/h4-6,12,16,18,21,26,37,39,41-42H,7-11H2,1-3H3,(H,32,34)(H,35,36)/t12-,16+,18?,21+,26-,31+/m1/s1. The number of Topliss-reactive ketones (excluding diaryl/α,β-unsaturated/α-hetero) is 1. The Morgan fingerprint density at radius 1 is 1.07 bits per heavy atom. The number of ketones is 3. The molecule has 1 saturated heterocycles. The molecule has 240 valence electrons. The van der Waals surface area contributed by atoms with Gasteiger partial charge in [-0.1, -0.05) is 12.1 Å². The SMILES string of the molecule is COc1cccc2c1C(=O)c1c(O)c3c(c(O)c1C2=O)C[C@@](O)(C(C)=O)CC3O[C@H]1C[C@H](NC(=O)CCC(=O)O)[C@H](O)[C@@H](C)O1. The number of aliphatic carboxylic acids is 1. The molecule has 2 aromatic rings. The third-order valence-electron chi connectivity index (χ3n) is 8.67. The van der Waals surface area contributed by atoms with Crippen molar-refractivity contribution in [2.75, 3.05) is 7.11 Å². The first-order valence-electron chi connectivity index (χ1n) is 14.3. The van der Waals surface area contributed by atoms with Crippen LogP contribution in [0, 0.1) is 0 Å². The van der Waals surface area contributed by atoms with Crippen LogP contribution in [0.2, 0.25) is 0 Å². The quantitative estimate of drug-likeness (QED) is 0.192. The van der Waals surface area contributed by atoms with E-state index in [9.17, 15) is 44.4 Å². The van der Waals surface area contributed by atoms with Gasteiger partial charge in [0, 0.05) is 42.4 Å². The van der Waals surface area contributed by atoms with E-state index in [4.69, 9.17) is 19.3 Å². The Balaban J connectivity index is 1.56. The van der Waals surface area contributed by atoms with Crippen LogP contribution < -0.4 is 10.1 Å². The van der Waals surface area contributed by atoms with Crippen LogP contribution in [0.25, 0.3) is 0 Å². The minimum Gasteiger partial charge on any atom is -0.507 e. The number of fused-ring (bicyclic) bond motifs is 3. The molecule has 1 aliphatic heterocycles. The summed E-state index contributed by atoms with van der Waals surface area (Å²) in [7, 11) is 1.31. The zero-order valence-electron chi connectivity index (χ0n) is 24.7. The van der Waals surface area contributed by atoms with E-state index in [-0.39, 0.29) is 40.8 Å². The first kappa shape index (κ1) is 32.0. The number of hydrogen-bond acceptors (Lipinski definition) is 12. The molecule has 5 rings (SSSR count). The third-order valence-corrected chi connectivity index (χ3v) is 8.67. The summed E-state index contributed by atoms with van der Waals surface area (Å²) in [4.78, 5) is 63.2. The second-order valence-electron chi connectivity index (χ2n) is 11.5. The smallest absolute Gasteiger partial charge is 0.303 e. The Morgan fingerprint density at radius 3 is 2.40 bits per heavy atom. The summed E-state index contributed by atoms with van der Waals surface area (Å²) in [5.74, 6) is -5.37. The van der Waals surface area contributed by atoms with Gasteiger partial charge in [0.1, 0.15) is 29.0 Å². The molecule has 0 aromatic heterocycles. The number of carbonyl (C=O) groups excluding carboxylic acids is 4. The van der Waals surface area contributed by atoms with Gasteiger partial charge < -0.3 is 45.1 Å². The summed E-state index contributed by atoms with van der Waals surface area (Å²) in [5.41, 5.74) is -3.57. The van der Waals surface area contributed by atoms with Gasteiger partial charge in [-0.2, -0.15) is 0 Å². The Morgan fingerprint density at radius 2 is 1.76 bits per heavy atom. The molecule has 1 amide bonds. The number of phenolic OH excluding ortho intramolecular Hbond substituents is 2. The zero-order chi connectivity index (χ0) is 33.0. The molecule has 1 fully saturated rings. The van der Waals surface area contributed by atoms with Gasteiger partial charge in [-0.15, -0.1) is 0 Å². The van der Waals surface area contributed by atoms with Crippen molar-refractivity contribution in [2.45, 2.75) is 82.2 Å². The normalized spacial score (nSPS) is 27.2. The number of benzene rings is 2. The monoisotopic (exact) mass is 627 g/mol. The number of amides is 1. The Bertz CT molecular complexity index is 1620. The number of carbonyl (C=O) groups is 5. The lowest BCUT2D eigenvalue weighted by molar-refractivity contribution is -0.249. The van der Waals surface area contributed by atoms with Crippen molar-refractivity contribution < 1.29 is 63.7 Å². The number of rotatable bonds is 8. The van der Waals surface area contributed by atoms with Crippen LogP contribution in [0.15, 0.2) is 18.2 Å². The number of carboxylic acids is 1. The average molecular weight is 628 g/mol. The van der Waals surface area contributed by atoms with E-state index in [0.29, 0.717) is 0 Å². The number of methoxy groups -OCH3 is 1. The van der Waals surface area contributed by atoms with E-state index in [1.807, 2.05) is 0 Å². The molecule has 2 aromatic carbocycles. The molecule has 1 heterocycles. The van der Waals surface area contributed by atoms with Crippen LogP contribution in [0.1, 0.15) is 88.6 Å². The van der Waals surface area contributed by atoms with Gasteiger partial charge in [0.05, 0.1) is 48.5 Å². The van der Waals surface area contributed by atoms with Crippen molar-refractivity contribution in [1.29, 1.82) is 0 Å². The lowest BCUT2D eigenvalue weighted by atomic mass is 9.72. The van der Waals surface area contributed by atoms with Gasteiger partial charge in [-0.05, 0) is 19.9 Å². The van der Waals surface area contributed by atoms with Crippen molar-refractivity contribution in [1.82, 2.24) is 5.32 Å². The maximum absolute atomic E-state index is 13.8. The third kappa shape index (κ3) is 5.54. The molecule has 0 saturated carbocycles. The van der Waals surface area contributed by atoms with Gasteiger partial charge in [-0.25, -0.2) is 0 Å². The highest BCUT2D eigenvalue weighted by Gasteiger charge is 2.49. The number of ether oxygens (including phenoxy) is 3. The Kier molecular flexibility index (Phi) is 8.44. The number of aliphatic hydroxyl groups excluding tert-OH is 1. The summed E-state index contributed by atoms with van der Waals surface area (Å²) in [6.45, 7) is 2.64. The second kappa shape index (κ2) is 11.9. The van der Waals surface area contributed by atoms with E-state index < -0.39 is 107 Å². The van der Waals surface area contributed by atoms with E-state index in [1.54, 1.807) is 0 Å². The Hall–Kier alpha value is -4.37. The number of aliphatic hydroxyl groups is 2. The van der Waals surface area contributed by atoms with E-state index in [2.05, 4.69) is 5.32 Å². The molecule has 0 spiro atoms. The van der Waals surface area contributed by atoms with Gasteiger partial charge in [0.2, 0.25) is 11.7 Å². The van der Waals surface area contributed by atoms with Crippen LogP contribution >= 0.6 is 0 Å². The van der Waals surface area contributed by atoms with Crippen molar-refractivity contribution in [2.24, 2.45) is 0 Å². The van der Waals surface area contributed by atoms with Crippen LogP contribution in [-0.2, 0) is 30.3 Å².